The zero-order chi connectivity index (χ0) is 20.7. The van der Waals surface area contributed by atoms with Gasteiger partial charge in [-0.1, -0.05) is 87.8 Å². The maximum Gasteiger partial charge on any atom is 0.340 e. The number of carbonyl (C=O) groups is 1. The van der Waals surface area contributed by atoms with Crippen molar-refractivity contribution in [3.8, 4) is 11.5 Å². The summed E-state index contributed by atoms with van der Waals surface area (Å²) in [5.74, 6) is -0.261. The summed E-state index contributed by atoms with van der Waals surface area (Å²) >= 11 is 38.3. The zero-order valence-electron chi connectivity index (χ0n) is 14.0. The van der Waals surface area contributed by atoms with Crippen molar-refractivity contribution >= 4 is 75.6 Å². The van der Waals surface area contributed by atoms with E-state index >= 15 is 0 Å². The van der Waals surface area contributed by atoms with Gasteiger partial charge in [-0.25, -0.2) is 4.79 Å². The highest BCUT2D eigenvalue weighted by molar-refractivity contribution is 6.53. The van der Waals surface area contributed by atoms with Gasteiger partial charge in [-0.2, -0.15) is 0 Å². The Morgan fingerprint density at radius 2 is 1.38 bits per heavy atom. The van der Waals surface area contributed by atoms with E-state index in [1.807, 2.05) is 0 Å². The summed E-state index contributed by atoms with van der Waals surface area (Å²) < 4.78 is 12.0. The average Bonchev–Trinajstić information content (AvgIpc) is 3.01. The monoisotopic (exact) mass is 504 g/mol. The predicted octanol–water partition coefficient (Wildman–Crippen LogP) is 8.18. The number of halogens is 6. The van der Waals surface area contributed by atoms with Crippen molar-refractivity contribution < 1.29 is 14.3 Å². The van der Waals surface area contributed by atoms with E-state index in [2.05, 4.69) is 0 Å². The van der Waals surface area contributed by atoms with E-state index in [1.54, 1.807) is 36.4 Å². The molecule has 2 aliphatic heterocycles. The van der Waals surface area contributed by atoms with Gasteiger partial charge in [0.25, 0.3) is 0 Å². The first-order valence-corrected chi connectivity index (χ1v) is 10.4. The molecule has 0 aliphatic carbocycles. The Morgan fingerprint density at radius 1 is 0.690 bits per heavy atom. The lowest BCUT2D eigenvalue weighted by Crippen LogP contribution is -2.33. The van der Waals surface area contributed by atoms with Crippen molar-refractivity contribution in [2.75, 3.05) is 0 Å². The topological polar surface area (TPSA) is 35.5 Å². The van der Waals surface area contributed by atoms with Crippen LogP contribution in [0, 0.1) is 0 Å². The number of fused-ring (bicyclic) bond motifs is 6. The van der Waals surface area contributed by atoms with Crippen LogP contribution in [0.3, 0.4) is 0 Å². The molecular formula is C20H6Cl6O3. The summed E-state index contributed by atoms with van der Waals surface area (Å²) in [4.78, 5) is 12.8. The first kappa shape index (κ1) is 19.6. The van der Waals surface area contributed by atoms with E-state index in [9.17, 15) is 4.79 Å². The predicted molar refractivity (Wildman–Crippen MR) is 115 cm³/mol. The molecule has 0 radical (unpaired) electrons. The van der Waals surface area contributed by atoms with Gasteiger partial charge in [0, 0.05) is 11.1 Å². The Hall–Kier alpha value is -1.33. The second-order valence-electron chi connectivity index (χ2n) is 6.42. The molecule has 1 spiro atoms. The lowest BCUT2D eigenvalue weighted by Gasteiger charge is -2.38. The molecule has 1 atom stereocenters. The highest BCUT2D eigenvalue weighted by Gasteiger charge is 2.56. The van der Waals surface area contributed by atoms with Gasteiger partial charge in [-0.15, -0.1) is 0 Å². The molecule has 0 N–H and O–H groups in total. The van der Waals surface area contributed by atoms with Crippen LogP contribution in [0.5, 0.6) is 11.5 Å². The zero-order valence-corrected chi connectivity index (χ0v) is 18.5. The molecule has 3 aromatic rings. The highest BCUT2D eigenvalue weighted by atomic mass is 35.5. The van der Waals surface area contributed by atoms with Gasteiger partial charge in [0.15, 0.2) is 17.1 Å². The van der Waals surface area contributed by atoms with Crippen molar-refractivity contribution in [2.45, 2.75) is 5.60 Å². The number of hydrogen-bond acceptors (Lipinski definition) is 3. The Morgan fingerprint density at radius 3 is 2.14 bits per heavy atom. The second-order valence-corrected chi connectivity index (χ2v) is 8.71. The summed E-state index contributed by atoms with van der Waals surface area (Å²) in [6.45, 7) is 0. The van der Waals surface area contributed by atoms with E-state index in [0.717, 1.165) is 0 Å². The smallest absolute Gasteiger partial charge is 0.340 e. The SMILES string of the molecule is O=C1OC2(c3ccccc31)c1ccc(Cl)c(Cl)c1Oc1c(Cl)c(Cl)c(Cl)c(Cl)c12. The van der Waals surface area contributed by atoms with Gasteiger partial charge in [-0.05, 0) is 18.2 Å². The van der Waals surface area contributed by atoms with Gasteiger partial charge >= 0.3 is 5.97 Å². The van der Waals surface area contributed by atoms with Crippen LogP contribution in [0.1, 0.15) is 27.0 Å². The summed E-state index contributed by atoms with van der Waals surface area (Å²) in [5, 5.41) is 0.474. The fourth-order valence-electron chi connectivity index (χ4n) is 3.77. The molecule has 0 aromatic heterocycles. The van der Waals surface area contributed by atoms with Gasteiger partial charge in [0.2, 0.25) is 0 Å². The largest absolute Gasteiger partial charge is 0.453 e. The first-order chi connectivity index (χ1) is 13.8. The normalized spacial score (nSPS) is 18.8. The first-order valence-electron chi connectivity index (χ1n) is 8.14. The maximum absolute atomic E-state index is 12.8. The fourth-order valence-corrected chi connectivity index (χ4v) is 5.13. The quantitative estimate of drug-likeness (QED) is 0.175. The average molecular weight is 507 g/mol. The maximum atomic E-state index is 12.8. The molecule has 0 saturated heterocycles. The summed E-state index contributed by atoms with van der Waals surface area (Å²) in [6, 6.07) is 10.2. The van der Waals surface area contributed by atoms with Crippen LogP contribution >= 0.6 is 69.6 Å². The second kappa shape index (κ2) is 6.58. The van der Waals surface area contributed by atoms with E-state index in [-0.39, 0.29) is 47.2 Å². The molecule has 1 unspecified atom stereocenters. The number of esters is 1. The van der Waals surface area contributed by atoms with E-state index < -0.39 is 11.6 Å². The lowest BCUT2D eigenvalue weighted by molar-refractivity contribution is 0.0225. The van der Waals surface area contributed by atoms with Crippen molar-refractivity contribution in [3.05, 3.63) is 88.8 Å². The molecule has 0 saturated carbocycles. The van der Waals surface area contributed by atoms with Gasteiger partial charge in [-0.3, -0.25) is 0 Å². The molecule has 0 fully saturated rings. The minimum absolute atomic E-state index is 0.00597. The van der Waals surface area contributed by atoms with Crippen LogP contribution in [0.15, 0.2) is 36.4 Å². The molecule has 29 heavy (non-hydrogen) atoms. The number of ether oxygens (including phenoxy) is 2. The molecule has 2 heterocycles. The molecule has 146 valence electrons. The van der Waals surface area contributed by atoms with Crippen LogP contribution in [0.2, 0.25) is 30.1 Å². The van der Waals surface area contributed by atoms with Crippen LogP contribution < -0.4 is 4.74 Å². The van der Waals surface area contributed by atoms with Crippen LogP contribution in [0.4, 0.5) is 0 Å². The minimum atomic E-state index is -1.49. The molecule has 2 aliphatic rings. The van der Waals surface area contributed by atoms with Crippen molar-refractivity contribution in [1.29, 1.82) is 0 Å². The Balaban J connectivity index is 2.01. The number of carbonyl (C=O) groups excluding carboxylic acids is 1. The minimum Gasteiger partial charge on any atom is -0.453 e. The standard InChI is InChI=1S/C20H6Cl6O3/c21-10-6-5-9-17(12(10)22)28-18-11(13(23)14(24)15(25)16(18)26)20(9)8-4-2-1-3-7(8)19(27)29-20/h1-6H. The third kappa shape index (κ3) is 2.43. The number of benzene rings is 3. The van der Waals surface area contributed by atoms with E-state index in [0.29, 0.717) is 16.7 Å². The molecule has 0 bridgehead atoms. The summed E-state index contributed by atoms with van der Waals surface area (Å²) in [5.41, 5.74) is 0.137. The summed E-state index contributed by atoms with van der Waals surface area (Å²) in [7, 11) is 0. The van der Waals surface area contributed by atoms with Crippen LogP contribution in [-0.4, -0.2) is 5.97 Å². The molecule has 3 aromatic carbocycles. The third-order valence-corrected chi connectivity index (χ3v) is 7.55. The van der Waals surface area contributed by atoms with Crippen molar-refractivity contribution in [3.63, 3.8) is 0 Å². The van der Waals surface area contributed by atoms with E-state index in [1.165, 1.54) is 0 Å². The molecule has 0 amide bonds. The molecule has 9 heteroatoms. The van der Waals surface area contributed by atoms with Gasteiger partial charge in [0.1, 0.15) is 10.0 Å². The highest BCUT2D eigenvalue weighted by Crippen LogP contribution is 2.63. The Bertz CT molecular complexity index is 1260. The molecule has 3 nitrogen and oxygen atoms in total. The Labute approximate surface area is 194 Å². The van der Waals surface area contributed by atoms with E-state index in [4.69, 9.17) is 79.1 Å². The molecular weight excluding hydrogens is 501 g/mol. The van der Waals surface area contributed by atoms with Gasteiger partial charge in [0.05, 0.1) is 31.2 Å². The van der Waals surface area contributed by atoms with Crippen LogP contribution in [0.25, 0.3) is 0 Å². The summed E-state index contributed by atoms with van der Waals surface area (Å²) in [6.07, 6.45) is 0. The Kier molecular flexibility index (Phi) is 4.45. The van der Waals surface area contributed by atoms with Crippen LogP contribution in [-0.2, 0) is 10.3 Å². The van der Waals surface area contributed by atoms with Crippen molar-refractivity contribution in [1.82, 2.24) is 0 Å². The lowest BCUT2D eigenvalue weighted by atomic mass is 9.77. The number of rotatable bonds is 0. The van der Waals surface area contributed by atoms with Gasteiger partial charge < -0.3 is 9.47 Å². The third-order valence-electron chi connectivity index (χ3n) is 4.98. The fraction of sp³-hybridized carbons (Fsp3) is 0.0500. The number of hydrogen-bond donors (Lipinski definition) is 0. The van der Waals surface area contributed by atoms with Crippen molar-refractivity contribution in [2.24, 2.45) is 0 Å². The molecule has 5 rings (SSSR count).